The number of aromatic nitrogens is 2. The Morgan fingerprint density at radius 1 is 1.09 bits per heavy atom. The van der Waals surface area contributed by atoms with Crippen molar-refractivity contribution in [2.45, 2.75) is 33.2 Å². The maximum Gasteiger partial charge on any atom is 0.333 e. The van der Waals surface area contributed by atoms with Crippen molar-refractivity contribution in [2.75, 3.05) is 13.7 Å². The second kappa shape index (κ2) is 10.1. The van der Waals surface area contributed by atoms with Crippen LogP contribution in [0.15, 0.2) is 48.5 Å². The fraction of sp³-hybridized carbons (Fsp3) is 0.292. The van der Waals surface area contributed by atoms with Gasteiger partial charge in [0, 0.05) is 11.3 Å². The molecule has 0 unspecified atom stereocenters. The first-order valence-electron chi connectivity index (χ1n) is 10.2. The number of hydrogen-bond donors (Lipinski definition) is 1. The van der Waals surface area contributed by atoms with Gasteiger partial charge in [-0.3, -0.25) is 4.79 Å². The third-order valence-electron chi connectivity index (χ3n) is 5.06. The van der Waals surface area contributed by atoms with Crippen LogP contribution in [0.3, 0.4) is 0 Å². The van der Waals surface area contributed by atoms with E-state index in [-0.39, 0.29) is 24.8 Å². The number of aryl methyl sites for hydroxylation is 1. The van der Waals surface area contributed by atoms with Crippen LogP contribution in [0.4, 0.5) is 4.39 Å². The number of benzene rings is 2. The minimum Gasteiger partial charge on any atom is -0.497 e. The zero-order valence-corrected chi connectivity index (χ0v) is 18.5. The first-order chi connectivity index (χ1) is 15.3. The van der Waals surface area contributed by atoms with Crippen molar-refractivity contribution in [3.8, 4) is 11.4 Å². The van der Waals surface area contributed by atoms with Crippen molar-refractivity contribution in [3.05, 3.63) is 76.9 Å². The van der Waals surface area contributed by atoms with Gasteiger partial charge in [-0.2, -0.15) is 5.10 Å². The summed E-state index contributed by atoms with van der Waals surface area (Å²) in [5.74, 6) is -0.564. The Morgan fingerprint density at radius 2 is 1.75 bits per heavy atom. The summed E-state index contributed by atoms with van der Waals surface area (Å²) >= 11 is 0. The highest BCUT2D eigenvalue weighted by Crippen LogP contribution is 2.26. The summed E-state index contributed by atoms with van der Waals surface area (Å²) in [5.41, 5.74) is 3.19. The topological polar surface area (TPSA) is 82.4 Å². The molecule has 0 saturated carbocycles. The number of carbonyl (C=O) groups is 2. The van der Waals surface area contributed by atoms with Crippen LogP contribution in [0.25, 0.3) is 5.69 Å². The predicted molar refractivity (Wildman–Crippen MR) is 117 cm³/mol. The van der Waals surface area contributed by atoms with E-state index in [0.717, 1.165) is 5.56 Å². The Hall–Kier alpha value is -3.68. The van der Waals surface area contributed by atoms with Crippen molar-refractivity contribution < 1.29 is 23.5 Å². The van der Waals surface area contributed by atoms with Gasteiger partial charge >= 0.3 is 5.97 Å². The van der Waals surface area contributed by atoms with Crippen LogP contribution in [0.2, 0.25) is 0 Å². The fourth-order valence-electron chi connectivity index (χ4n) is 3.52. The zero-order valence-electron chi connectivity index (χ0n) is 18.5. The number of carbonyl (C=O) groups excluding carboxylic acids is 2. The molecule has 0 aliphatic heterocycles. The lowest BCUT2D eigenvalue weighted by atomic mass is 10.0. The molecule has 0 radical (unpaired) electrons. The maximum atomic E-state index is 13.3. The van der Waals surface area contributed by atoms with Crippen molar-refractivity contribution >= 4 is 11.9 Å². The Bertz CT molecular complexity index is 1090. The first-order valence-corrected chi connectivity index (χ1v) is 10.2. The van der Waals surface area contributed by atoms with E-state index in [2.05, 4.69) is 10.4 Å². The van der Waals surface area contributed by atoms with Crippen LogP contribution in [0.1, 0.15) is 35.5 Å². The Labute approximate surface area is 186 Å². The van der Waals surface area contributed by atoms with Gasteiger partial charge in [0.05, 0.1) is 31.5 Å². The lowest BCUT2D eigenvalue weighted by Crippen LogP contribution is -2.36. The third kappa shape index (κ3) is 5.14. The molecule has 1 atom stereocenters. The van der Waals surface area contributed by atoms with Gasteiger partial charge in [0.1, 0.15) is 11.6 Å². The van der Waals surface area contributed by atoms with E-state index in [1.165, 1.54) is 12.1 Å². The van der Waals surface area contributed by atoms with Gasteiger partial charge in [0.2, 0.25) is 5.91 Å². The highest BCUT2D eigenvalue weighted by atomic mass is 19.1. The Morgan fingerprint density at radius 3 is 2.34 bits per heavy atom. The standard InChI is InChI=1S/C24H26FN3O4/c1-5-32-24(30)23(26-21(29)14-17-6-12-20(31-4)13-7-17)22-15(2)27-28(16(22)3)19-10-8-18(25)9-11-19/h6-13,23H,5,14H2,1-4H3,(H,26,29)/t23-/m0/s1. The van der Waals surface area contributed by atoms with Crippen LogP contribution < -0.4 is 10.1 Å². The lowest BCUT2D eigenvalue weighted by molar-refractivity contribution is -0.147. The normalized spacial score (nSPS) is 11.7. The number of ether oxygens (including phenoxy) is 2. The summed E-state index contributed by atoms with van der Waals surface area (Å²) in [6.07, 6.45) is 0.0874. The molecule has 0 spiro atoms. The van der Waals surface area contributed by atoms with Gasteiger partial charge < -0.3 is 14.8 Å². The molecule has 0 fully saturated rings. The summed E-state index contributed by atoms with van der Waals surface area (Å²) in [5, 5.41) is 7.30. The number of rotatable bonds is 8. The average molecular weight is 439 g/mol. The molecule has 3 aromatic rings. The molecule has 1 amide bonds. The maximum absolute atomic E-state index is 13.3. The smallest absolute Gasteiger partial charge is 0.333 e. The zero-order chi connectivity index (χ0) is 23.3. The van der Waals surface area contributed by atoms with Crippen molar-refractivity contribution in [1.82, 2.24) is 15.1 Å². The molecular weight excluding hydrogens is 413 g/mol. The summed E-state index contributed by atoms with van der Waals surface area (Å²) in [6, 6.07) is 12.0. The summed E-state index contributed by atoms with van der Waals surface area (Å²) in [7, 11) is 1.57. The minimum absolute atomic E-state index is 0.0874. The van der Waals surface area contributed by atoms with Crippen molar-refractivity contribution in [2.24, 2.45) is 0 Å². The van der Waals surface area contributed by atoms with Crippen LogP contribution in [-0.4, -0.2) is 35.4 Å². The minimum atomic E-state index is -1.02. The average Bonchev–Trinajstić information content (AvgIpc) is 3.07. The van der Waals surface area contributed by atoms with Crippen LogP contribution in [0.5, 0.6) is 5.75 Å². The molecular formula is C24H26FN3O4. The van der Waals surface area contributed by atoms with Gasteiger partial charge in [0.15, 0.2) is 6.04 Å². The number of halogens is 1. The van der Waals surface area contributed by atoms with E-state index < -0.39 is 12.0 Å². The van der Waals surface area contributed by atoms with Crippen molar-refractivity contribution in [1.29, 1.82) is 0 Å². The number of amides is 1. The highest BCUT2D eigenvalue weighted by Gasteiger charge is 2.30. The van der Waals surface area contributed by atoms with E-state index in [1.54, 1.807) is 69.0 Å². The molecule has 3 rings (SSSR count). The fourth-order valence-corrected chi connectivity index (χ4v) is 3.52. The Balaban J connectivity index is 1.89. The summed E-state index contributed by atoms with van der Waals surface area (Å²) in [4.78, 5) is 25.5. The first kappa shape index (κ1) is 23.0. The molecule has 1 aromatic heterocycles. The van der Waals surface area contributed by atoms with Crippen LogP contribution in [-0.2, 0) is 20.7 Å². The monoisotopic (exact) mass is 439 g/mol. The second-order valence-electron chi connectivity index (χ2n) is 7.25. The molecule has 0 aliphatic rings. The van der Waals surface area contributed by atoms with E-state index in [9.17, 15) is 14.0 Å². The summed E-state index contributed by atoms with van der Waals surface area (Å²) in [6.45, 7) is 5.43. The SMILES string of the molecule is CCOC(=O)[C@@H](NC(=O)Cc1ccc(OC)cc1)c1c(C)nn(-c2ccc(F)cc2)c1C. The molecule has 32 heavy (non-hydrogen) atoms. The molecule has 168 valence electrons. The van der Waals surface area contributed by atoms with Crippen molar-refractivity contribution in [3.63, 3.8) is 0 Å². The molecule has 1 heterocycles. The quantitative estimate of drug-likeness (QED) is 0.543. The third-order valence-corrected chi connectivity index (χ3v) is 5.06. The van der Waals surface area contributed by atoms with E-state index in [0.29, 0.717) is 28.4 Å². The van der Waals surface area contributed by atoms with Crippen LogP contribution in [0, 0.1) is 19.7 Å². The van der Waals surface area contributed by atoms with E-state index in [4.69, 9.17) is 9.47 Å². The second-order valence-corrected chi connectivity index (χ2v) is 7.25. The molecule has 1 N–H and O–H groups in total. The number of hydrogen-bond acceptors (Lipinski definition) is 5. The van der Waals surface area contributed by atoms with Gasteiger partial charge in [-0.1, -0.05) is 12.1 Å². The Kier molecular flexibility index (Phi) is 7.25. The highest BCUT2D eigenvalue weighted by molar-refractivity contribution is 5.87. The largest absolute Gasteiger partial charge is 0.497 e. The van der Waals surface area contributed by atoms with Crippen LogP contribution >= 0.6 is 0 Å². The summed E-state index contributed by atoms with van der Waals surface area (Å²) < 4.78 is 25.3. The van der Waals surface area contributed by atoms with E-state index in [1.807, 2.05) is 0 Å². The molecule has 0 saturated heterocycles. The van der Waals surface area contributed by atoms with Gasteiger partial charge in [0.25, 0.3) is 0 Å². The lowest BCUT2D eigenvalue weighted by Gasteiger charge is -2.18. The van der Waals surface area contributed by atoms with Gasteiger partial charge in [-0.15, -0.1) is 0 Å². The van der Waals surface area contributed by atoms with E-state index >= 15 is 0 Å². The molecule has 7 nitrogen and oxygen atoms in total. The molecule has 0 aliphatic carbocycles. The number of esters is 1. The number of nitrogens with zero attached hydrogens (tertiary/aromatic N) is 2. The van der Waals surface area contributed by atoms with Gasteiger partial charge in [-0.05, 0) is 62.7 Å². The molecule has 0 bridgehead atoms. The molecule has 8 heteroatoms. The predicted octanol–water partition coefficient (Wildman–Crippen LogP) is 3.60. The molecule has 2 aromatic carbocycles. The number of nitrogens with one attached hydrogen (secondary N) is 1. The number of methoxy groups -OCH3 is 1. The van der Waals surface area contributed by atoms with Gasteiger partial charge in [-0.25, -0.2) is 13.9 Å².